The molecule has 0 fully saturated rings. The second-order valence-corrected chi connectivity index (χ2v) is 15.9. The van der Waals surface area contributed by atoms with E-state index in [9.17, 15) is 19.5 Å². The van der Waals surface area contributed by atoms with Gasteiger partial charge in [-0.15, -0.1) is 0 Å². The molecule has 0 aliphatic carbocycles. The molecular formula is C46H84NO7+. The number of hydrogen-bond acceptors (Lipinski definition) is 6. The number of carbonyl (C=O) groups is 3. The minimum Gasteiger partial charge on any atom is -0.477 e. The van der Waals surface area contributed by atoms with Crippen molar-refractivity contribution in [1.29, 1.82) is 0 Å². The maximum absolute atomic E-state index is 12.7. The molecular weight excluding hydrogens is 679 g/mol. The quantitative estimate of drug-likeness (QED) is 0.0288. The number of allylic oxidation sites excluding steroid dienone is 6. The third-order valence-electron chi connectivity index (χ3n) is 9.80. The zero-order valence-corrected chi connectivity index (χ0v) is 35.7. The van der Waals surface area contributed by atoms with Crippen LogP contribution in [0.3, 0.4) is 0 Å². The third kappa shape index (κ3) is 35.3. The molecule has 1 N–H and O–H groups in total. The van der Waals surface area contributed by atoms with Crippen LogP contribution < -0.4 is 0 Å². The second kappa shape index (κ2) is 37.5. The lowest BCUT2D eigenvalue weighted by molar-refractivity contribution is -0.887. The molecule has 0 aliphatic rings. The van der Waals surface area contributed by atoms with Gasteiger partial charge in [0.2, 0.25) is 0 Å². The molecule has 0 radical (unpaired) electrons. The van der Waals surface area contributed by atoms with Gasteiger partial charge in [-0.1, -0.05) is 159 Å². The fraction of sp³-hybridized carbons (Fsp3) is 0.804. The van der Waals surface area contributed by atoms with E-state index in [-0.39, 0.29) is 36.2 Å². The molecule has 0 bridgehead atoms. The molecule has 0 saturated heterocycles. The lowest BCUT2D eigenvalue weighted by Crippen LogP contribution is -2.50. The average molecular weight is 763 g/mol. The van der Waals surface area contributed by atoms with E-state index in [0.29, 0.717) is 19.3 Å². The number of aliphatic carboxylic acids is 1. The standard InChI is InChI=1S/C46H83NO7/c1-6-8-10-12-14-16-18-20-21-22-23-25-26-28-30-32-34-36-44(48)53-41-42(40-52-39-38-43(46(50)51)47(3,4)5)54-45(49)37-35-33-31-29-27-24-19-17-15-13-11-9-7-2/h9,11,15,17,24,27,42-43H,6-8,10,12-14,16,18-23,25-26,28-41H2,1-5H3/p+1/b11-9-,17-15-,27-24-. The van der Waals surface area contributed by atoms with Crippen LogP contribution in [0.5, 0.6) is 0 Å². The Labute approximate surface area is 332 Å². The Balaban J connectivity index is 4.34. The largest absolute Gasteiger partial charge is 0.477 e. The average Bonchev–Trinajstić information content (AvgIpc) is 3.12. The van der Waals surface area contributed by atoms with Gasteiger partial charge < -0.3 is 23.8 Å². The maximum atomic E-state index is 12.7. The Hall–Kier alpha value is -2.45. The monoisotopic (exact) mass is 763 g/mol. The van der Waals surface area contributed by atoms with E-state index in [1.54, 1.807) is 0 Å². The minimum absolute atomic E-state index is 0.0513. The summed E-state index contributed by atoms with van der Waals surface area (Å²) in [7, 11) is 5.51. The van der Waals surface area contributed by atoms with Crippen LogP contribution in [0, 0.1) is 0 Å². The molecule has 0 heterocycles. The fourth-order valence-electron chi connectivity index (χ4n) is 6.40. The first-order valence-corrected chi connectivity index (χ1v) is 22.0. The van der Waals surface area contributed by atoms with Crippen LogP contribution in [0.1, 0.15) is 187 Å². The van der Waals surface area contributed by atoms with Crippen LogP contribution in [0.25, 0.3) is 0 Å². The highest BCUT2D eigenvalue weighted by atomic mass is 16.6. The van der Waals surface area contributed by atoms with Crippen molar-refractivity contribution in [3.63, 3.8) is 0 Å². The zero-order chi connectivity index (χ0) is 40.0. The van der Waals surface area contributed by atoms with Crippen LogP contribution >= 0.6 is 0 Å². The smallest absolute Gasteiger partial charge is 0.362 e. The Morgan fingerprint density at radius 2 is 1.04 bits per heavy atom. The van der Waals surface area contributed by atoms with E-state index >= 15 is 0 Å². The van der Waals surface area contributed by atoms with Crippen LogP contribution in [0.15, 0.2) is 36.5 Å². The van der Waals surface area contributed by atoms with Crippen molar-refractivity contribution in [3.8, 4) is 0 Å². The molecule has 8 heteroatoms. The summed E-state index contributed by atoms with van der Waals surface area (Å²) in [5, 5.41) is 9.61. The first-order chi connectivity index (χ1) is 26.1. The van der Waals surface area contributed by atoms with Gasteiger partial charge in [0.1, 0.15) is 6.61 Å². The SMILES string of the molecule is CC/C=C\C/C=C\C/C=C\CCCCCC(=O)OC(COCCC(C(=O)O)[N+](C)(C)C)COC(=O)CCCCCCCCCCCCCCCCCCC. The fourth-order valence-corrected chi connectivity index (χ4v) is 6.40. The Morgan fingerprint density at radius 3 is 1.54 bits per heavy atom. The van der Waals surface area contributed by atoms with E-state index in [4.69, 9.17) is 14.2 Å². The first-order valence-electron chi connectivity index (χ1n) is 22.0. The molecule has 54 heavy (non-hydrogen) atoms. The van der Waals surface area contributed by atoms with Gasteiger partial charge >= 0.3 is 17.9 Å². The summed E-state index contributed by atoms with van der Waals surface area (Å²) >= 11 is 0. The number of likely N-dealkylation sites (N-methyl/N-ethyl adjacent to an activating group) is 1. The van der Waals surface area contributed by atoms with Gasteiger partial charge in [0, 0.05) is 19.3 Å². The van der Waals surface area contributed by atoms with Gasteiger partial charge in [-0.05, 0) is 44.9 Å². The van der Waals surface area contributed by atoms with E-state index in [2.05, 4.69) is 50.3 Å². The Morgan fingerprint density at radius 1 is 0.574 bits per heavy atom. The van der Waals surface area contributed by atoms with Crippen molar-refractivity contribution in [2.75, 3.05) is 41.0 Å². The number of unbranched alkanes of at least 4 members (excludes halogenated alkanes) is 19. The number of quaternary nitrogens is 1. The lowest BCUT2D eigenvalue weighted by Gasteiger charge is -2.31. The molecule has 2 atom stereocenters. The first kappa shape index (κ1) is 51.5. The highest BCUT2D eigenvalue weighted by Crippen LogP contribution is 2.15. The predicted molar refractivity (Wildman–Crippen MR) is 225 cm³/mol. The van der Waals surface area contributed by atoms with Crippen molar-refractivity contribution < 1.29 is 38.2 Å². The van der Waals surface area contributed by atoms with E-state index in [0.717, 1.165) is 64.2 Å². The summed E-state index contributed by atoms with van der Waals surface area (Å²) in [6.45, 7) is 4.60. The summed E-state index contributed by atoms with van der Waals surface area (Å²) in [6, 6.07) is -0.618. The number of carboxylic acid groups (broad SMARTS) is 1. The molecule has 0 spiro atoms. The molecule has 0 aromatic rings. The number of ether oxygens (including phenoxy) is 3. The summed E-state index contributed by atoms with van der Waals surface area (Å²) < 4.78 is 17.2. The van der Waals surface area contributed by atoms with Crippen LogP contribution in [0.2, 0.25) is 0 Å². The van der Waals surface area contributed by atoms with Crippen LogP contribution in [-0.4, -0.2) is 80.6 Å². The van der Waals surface area contributed by atoms with Gasteiger partial charge in [0.25, 0.3) is 0 Å². The molecule has 0 saturated carbocycles. The summed E-state index contributed by atoms with van der Waals surface area (Å²) in [6.07, 6.45) is 41.9. The van der Waals surface area contributed by atoms with Crippen LogP contribution in [-0.2, 0) is 28.6 Å². The van der Waals surface area contributed by atoms with Crippen molar-refractivity contribution in [1.82, 2.24) is 0 Å². The summed E-state index contributed by atoms with van der Waals surface area (Å²) in [5.41, 5.74) is 0. The number of carboxylic acids is 1. The van der Waals surface area contributed by atoms with Crippen molar-refractivity contribution in [2.45, 2.75) is 199 Å². The second-order valence-electron chi connectivity index (χ2n) is 15.9. The molecule has 0 rings (SSSR count). The molecule has 0 aliphatic heterocycles. The van der Waals surface area contributed by atoms with Crippen LogP contribution in [0.4, 0.5) is 0 Å². The van der Waals surface area contributed by atoms with Crippen molar-refractivity contribution in [3.05, 3.63) is 36.5 Å². The van der Waals surface area contributed by atoms with Gasteiger partial charge in [-0.25, -0.2) is 4.79 Å². The highest BCUT2D eigenvalue weighted by Gasteiger charge is 2.31. The van der Waals surface area contributed by atoms with Gasteiger partial charge in [-0.2, -0.15) is 0 Å². The number of nitrogens with zero attached hydrogens (tertiary/aromatic N) is 1. The summed E-state index contributed by atoms with van der Waals surface area (Å²) in [4.78, 5) is 36.9. The number of esters is 2. The molecule has 8 nitrogen and oxygen atoms in total. The van der Waals surface area contributed by atoms with Gasteiger partial charge in [-0.3, -0.25) is 9.59 Å². The van der Waals surface area contributed by atoms with Crippen molar-refractivity contribution in [2.24, 2.45) is 0 Å². The summed E-state index contributed by atoms with van der Waals surface area (Å²) in [5.74, 6) is -1.50. The molecule has 0 amide bonds. The minimum atomic E-state index is -0.879. The number of hydrogen-bond donors (Lipinski definition) is 1. The highest BCUT2D eigenvalue weighted by molar-refractivity contribution is 5.72. The zero-order valence-electron chi connectivity index (χ0n) is 35.7. The van der Waals surface area contributed by atoms with Gasteiger partial charge in [0.05, 0.1) is 34.4 Å². The lowest BCUT2D eigenvalue weighted by atomic mass is 10.0. The Bertz CT molecular complexity index is 984. The normalized spacial score (nSPS) is 13.3. The van der Waals surface area contributed by atoms with E-state index < -0.39 is 18.1 Å². The topological polar surface area (TPSA) is 99.1 Å². The van der Waals surface area contributed by atoms with E-state index in [1.807, 2.05) is 21.1 Å². The maximum Gasteiger partial charge on any atom is 0.362 e. The third-order valence-corrected chi connectivity index (χ3v) is 9.80. The Kier molecular flexibility index (Phi) is 35.8. The van der Waals surface area contributed by atoms with E-state index in [1.165, 1.54) is 89.9 Å². The molecule has 0 aromatic carbocycles. The number of rotatable bonds is 39. The number of carbonyl (C=O) groups excluding carboxylic acids is 2. The molecule has 2 unspecified atom stereocenters. The molecule has 0 aromatic heterocycles. The van der Waals surface area contributed by atoms with Gasteiger partial charge in [0.15, 0.2) is 12.1 Å². The van der Waals surface area contributed by atoms with Crippen molar-refractivity contribution >= 4 is 17.9 Å². The predicted octanol–water partition coefficient (Wildman–Crippen LogP) is 11.9. The molecule has 314 valence electrons.